The van der Waals surface area contributed by atoms with Crippen LogP contribution in [0.5, 0.6) is 5.75 Å². The molecule has 0 saturated heterocycles. The van der Waals surface area contributed by atoms with Gasteiger partial charge in [0.05, 0.1) is 12.1 Å². The second-order valence-corrected chi connectivity index (χ2v) is 5.05. The van der Waals surface area contributed by atoms with Crippen LogP contribution < -0.4 is 10.1 Å². The van der Waals surface area contributed by atoms with Gasteiger partial charge in [-0.3, -0.25) is 9.59 Å². The molecule has 0 aromatic heterocycles. The van der Waals surface area contributed by atoms with Gasteiger partial charge in [0.1, 0.15) is 12.3 Å². The normalized spacial score (nSPS) is 10.3. The second-order valence-electron chi connectivity index (χ2n) is 4.64. The number of carbonyl (C=O) groups excluding carboxylic acids is 2. The van der Waals surface area contributed by atoms with E-state index in [0.29, 0.717) is 16.5 Å². The second kappa shape index (κ2) is 7.14. The maximum Gasteiger partial charge on any atom is 0.244 e. The molecule has 0 aliphatic heterocycles. The first-order valence-electron chi connectivity index (χ1n) is 6.25. The molecule has 1 rings (SSSR count). The first-order chi connectivity index (χ1) is 9.35. The Morgan fingerprint density at radius 2 is 2.05 bits per heavy atom. The highest BCUT2D eigenvalue weighted by atomic mass is 35.5. The molecule has 1 N–H and O–H groups in total. The van der Waals surface area contributed by atoms with E-state index in [4.69, 9.17) is 16.3 Å². The van der Waals surface area contributed by atoms with E-state index in [0.717, 1.165) is 0 Å². The highest BCUT2D eigenvalue weighted by Crippen LogP contribution is 2.27. The molecule has 0 aliphatic carbocycles. The van der Waals surface area contributed by atoms with Gasteiger partial charge in [-0.2, -0.15) is 0 Å². The molecule has 0 spiro atoms. The predicted octanol–water partition coefficient (Wildman–Crippen LogP) is 2.54. The fourth-order valence-corrected chi connectivity index (χ4v) is 2.01. The number of benzene rings is 1. The van der Waals surface area contributed by atoms with Crippen molar-refractivity contribution in [2.45, 2.75) is 26.8 Å². The molecule has 1 aromatic rings. The van der Waals surface area contributed by atoms with Gasteiger partial charge < -0.3 is 15.0 Å². The molecule has 5 nitrogen and oxygen atoms in total. The van der Waals surface area contributed by atoms with Gasteiger partial charge in [-0.1, -0.05) is 11.6 Å². The van der Waals surface area contributed by atoms with E-state index in [2.05, 4.69) is 5.32 Å². The highest BCUT2D eigenvalue weighted by Gasteiger charge is 2.16. The van der Waals surface area contributed by atoms with E-state index in [-0.39, 0.29) is 24.4 Å². The summed E-state index contributed by atoms with van der Waals surface area (Å²) in [6, 6.07) is 4.93. The van der Waals surface area contributed by atoms with Crippen LogP contribution in [0.3, 0.4) is 0 Å². The molecule has 6 heteroatoms. The smallest absolute Gasteiger partial charge is 0.244 e. The number of ether oxygens (including phenoxy) is 1. The molecule has 0 fully saturated rings. The molecule has 0 heterocycles. The molecule has 0 atom stereocenters. The van der Waals surface area contributed by atoms with Crippen LogP contribution in [0.1, 0.15) is 20.8 Å². The van der Waals surface area contributed by atoms with Crippen molar-refractivity contribution in [1.82, 2.24) is 4.90 Å². The minimum absolute atomic E-state index is 0.0106. The van der Waals surface area contributed by atoms with Crippen LogP contribution >= 0.6 is 11.6 Å². The summed E-state index contributed by atoms with van der Waals surface area (Å²) in [7, 11) is 1.52. The molecule has 0 radical (unpaired) electrons. The third kappa shape index (κ3) is 4.42. The van der Waals surface area contributed by atoms with Gasteiger partial charge in [-0.25, -0.2) is 0 Å². The van der Waals surface area contributed by atoms with Crippen LogP contribution in [0.2, 0.25) is 5.02 Å². The molecule has 0 unspecified atom stereocenters. The molecule has 2 amide bonds. The van der Waals surface area contributed by atoms with Crippen LogP contribution in [0.25, 0.3) is 0 Å². The summed E-state index contributed by atoms with van der Waals surface area (Å²) in [5.41, 5.74) is 0.563. The average molecular weight is 299 g/mol. The fraction of sp³-hybridized carbons (Fsp3) is 0.429. The van der Waals surface area contributed by atoms with E-state index < -0.39 is 0 Å². The number of carbonyl (C=O) groups is 2. The van der Waals surface area contributed by atoms with Gasteiger partial charge in [-0.05, 0) is 32.0 Å². The zero-order valence-corrected chi connectivity index (χ0v) is 12.8. The first-order valence-corrected chi connectivity index (χ1v) is 6.63. The maximum atomic E-state index is 11.9. The third-order valence-corrected chi connectivity index (χ3v) is 3.07. The zero-order valence-electron chi connectivity index (χ0n) is 12.1. The van der Waals surface area contributed by atoms with Gasteiger partial charge >= 0.3 is 0 Å². The standard InChI is InChI=1S/C14H19ClN2O3/c1-9(2)17(10(3)18)8-14(19)16-11-5-6-13(20-4)12(15)7-11/h5-7,9H,8H2,1-4H3,(H,16,19). The number of nitrogens with one attached hydrogen (secondary N) is 1. The van der Waals surface area contributed by atoms with Crippen molar-refractivity contribution in [1.29, 1.82) is 0 Å². The van der Waals surface area contributed by atoms with Crippen LogP contribution in [0.15, 0.2) is 18.2 Å². The summed E-state index contributed by atoms with van der Waals surface area (Å²) in [4.78, 5) is 24.8. The van der Waals surface area contributed by atoms with E-state index in [9.17, 15) is 9.59 Å². The minimum Gasteiger partial charge on any atom is -0.495 e. The lowest BCUT2D eigenvalue weighted by Crippen LogP contribution is -2.41. The Morgan fingerprint density at radius 3 is 2.50 bits per heavy atom. The van der Waals surface area contributed by atoms with Gasteiger partial charge in [0.2, 0.25) is 11.8 Å². The molecule has 1 aromatic carbocycles. The lowest BCUT2D eigenvalue weighted by molar-refractivity contribution is -0.134. The van der Waals surface area contributed by atoms with E-state index >= 15 is 0 Å². The monoisotopic (exact) mass is 298 g/mol. The lowest BCUT2D eigenvalue weighted by Gasteiger charge is -2.24. The first kappa shape index (κ1) is 16.3. The largest absolute Gasteiger partial charge is 0.495 e. The number of amides is 2. The summed E-state index contributed by atoms with van der Waals surface area (Å²) in [5, 5.41) is 3.12. The van der Waals surface area contributed by atoms with Crippen molar-refractivity contribution in [2.24, 2.45) is 0 Å². The molecular weight excluding hydrogens is 280 g/mol. The Bertz CT molecular complexity index is 503. The summed E-state index contributed by atoms with van der Waals surface area (Å²) < 4.78 is 5.03. The lowest BCUT2D eigenvalue weighted by atomic mass is 10.2. The molecule has 0 saturated carbocycles. The number of hydrogen-bond acceptors (Lipinski definition) is 3. The summed E-state index contributed by atoms with van der Waals surface area (Å²) in [6.07, 6.45) is 0. The van der Waals surface area contributed by atoms with Gasteiger partial charge in [0.15, 0.2) is 0 Å². The van der Waals surface area contributed by atoms with Gasteiger partial charge in [-0.15, -0.1) is 0 Å². The number of rotatable bonds is 5. The van der Waals surface area contributed by atoms with Crippen molar-refractivity contribution >= 4 is 29.1 Å². The quantitative estimate of drug-likeness (QED) is 0.909. The van der Waals surface area contributed by atoms with Crippen molar-refractivity contribution in [3.63, 3.8) is 0 Å². The Hall–Kier alpha value is -1.75. The minimum atomic E-state index is -0.268. The molecular formula is C14H19ClN2O3. The zero-order chi connectivity index (χ0) is 15.3. The van der Waals surface area contributed by atoms with E-state index in [1.165, 1.54) is 18.9 Å². The maximum absolute atomic E-state index is 11.9. The number of anilines is 1. The molecule has 0 aliphatic rings. The molecule has 110 valence electrons. The van der Waals surface area contributed by atoms with E-state index in [1.54, 1.807) is 18.2 Å². The van der Waals surface area contributed by atoms with Crippen molar-refractivity contribution in [3.8, 4) is 5.75 Å². The predicted molar refractivity (Wildman–Crippen MR) is 79.2 cm³/mol. The Balaban J connectivity index is 2.71. The number of nitrogens with zero attached hydrogens (tertiary/aromatic N) is 1. The molecule has 20 heavy (non-hydrogen) atoms. The number of methoxy groups -OCH3 is 1. The Kier molecular flexibility index (Phi) is 5.82. The van der Waals surface area contributed by atoms with Crippen molar-refractivity contribution in [3.05, 3.63) is 23.2 Å². The SMILES string of the molecule is COc1ccc(NC(=O)CN(C(C)=O)C(C)C)cc1Cl. The van der Waals surface area contributed by atoms with Crippen molar-refractivity contribution < 1.29 is 14.3 Å². The fourth-order valence-electron chi connectivity index (χ4n) is 1.76. The van der Waals surface area contributed by atoms with Gasteiger partial charge in [0, 0.05) is 18.7 Å². The Labute approximate surface area is 123 Å². The summed E-state index contributed by atoms with van der Waals surface area (Å²) in [5.74, 6) is 0.134. The van der Waals surface area contributed by atoms with E-state index in [1.807, 2.05) is 13.8 Å². The highest BCUT2D eigenvalue weighted by molar-refractivity contribution is 6.32. The third-order valence-electron chi connectivity index (χ3n) is 2.78. The van der Waals surface area contributed by atoms with Crippen LogP contribution in [-0.4, -0.2) is 36.4 Å². The van der Waals surface area contributed by atoms with Crippen molar-refractivity contribution in [2.75, 3.05) is 19.0 Å². The summed E-state index contributed by atoms with van der Waals surface area (Å²) >= 11 is 5.98. The van der Waals surface area contributed by atoms with Crippen LogP contribution in [0, 0.1) is 0 Å². The molecule has 0 bridgehead atoms. The average Bonchev–Trinajstić information content (AvgIpc) is 2.35. The van der Waals surface area contributed by atoms with Crippen LogP contribution in [-0.2, 0) is 9.59 Å². The number of hydrogen-bond donors (Lipinski definition) is 1. The summed E-state index contributed by atoms with van der Waals surface area (Å²) in [6.45, 7) is 5.17. The topological polar surface area (TPSA) is 58.6 Å². The number of halogens is 1. The van der Waals surface area contributed by atoms with Crippen LogP contribution in [0.4, 0.5) is 5.69 Å². The van der Waals surface area contributed by atoms with Gasteiger partial charge in [0.25, 0.3) is 0 Å². The Morgan fingerprint density at radius 1 is 1.40 bits per heavy atom.